The van der Waals surface area contributed by atoms with Crippen LogP contribution in [0.5, 0.6) is 5.75 Å². The summed E-state index contributed by atoms with van der Waals surface area (Å²) in [7, 11) is 0. The maximum Gasteiger partial charge on any atom is 0.253 e. The Morgan fingerprint density at radius 1 is 1.06 bits per heavy atom. The fraction of sp³-hybridized carbons (Fsp3) is 0.414. The molecule has 2 aromatic carbocycles. The molecule has 2 heterocycles. The van der Waals surface area contributed by atoms with Crippen LogP contribution >= 0.6 is 0 Å². The van der Waals surface area contributed by atoms with Crippen molar-refractivity contribution < 1.29 is 18.8 Å². The minimum atomic E-state index is -0.0419. The quantitative estimate of drug-likeness (QED) is 0.386. The highest BCUT2D eigenvalue weighted by molar-refractivity contribution is 5.98. The number of hydrogen-bond donors (Lipinski definition) is 0. The molecule has 0 radical (unpaired) electrons. The zero-order valence-electron chi connectivity index (χ0n) is 21.0. The molecule has 1 saturated heterocycles. The molecule has 1 aliphatic heterocycles. The second kappa shape index (κ2) is 10.9. The van der Waals surface area contributed by atoms with Crippen LogP contribution in [0.15, 0.2) is 53.1 Å². The van der Waals surface area contributed by atoms with Gasteiger partial charge in [0.15, 0.2) is 5.78 Å². The van der Waals surface area contributed by atoms with Crippen LogP contribution < -0.4 is 4.74 Å². The van der Waals surface area contributed by atoms with E-state index in [-0.39, 0.29) is 17.6 Å². The Labute approximate surface area is 207 Å². The molecule has 0 unspecified atom stereocenters. The van der Waals surface area contributed by atoms with Crippen LogP contribution in [0.1, 0.15) is 70.0 Å². The van der Waals surface area contributed by atoms with Crippen LogP contribution in [0.25, 0.3) is 0 Å². The Kier molecular flexibility index (Phi) is 7.69. The van der Waals surface area contributed by atoms with Gasteiger partial charge < -0.3 is 14.2 Å². The normalized spacial score (nSPS) is 14.4. The third kappa shape index (κ3) is 5.99. The standard InChI is InChI=1S/C29H34N2O4/c1-19(2)16-22-8-10-23(11-9-22)28(32)24-12-14-31(15-13-24)29(33)25-6-5-7-26(17-25)34-18-27-20(3)30-35-21(27)4/h5-11,17,19,24H,12-16,18H2,1-4H3. The molecule has 1 fully saturated rings. The van der Waals surface area contributed by atoms with E-state index in [0.717, 1.165) is 29.0 Å². The summed E-state index contributed by atoms with van der Waals surface area (Å²) in [4.78, 5) is 28.0. The monoisotopic (exact) mass is 474 g/mol. The van der Waals surface area contributed by atoms with E-state index in [2.05, 4.69) is 31.1 Å². The molecule has 1 aromatic heterocycles. The van der Waals surface area contributed by atoms with Crippen molar-refractivity contribution in [2.45, 2.75) is 53.6 Å². The SMILES string of the molecule is Cc1noc(C)c1COc1cccc(C(=O)N2CCC(C(=O)c3ccc(CC(C)C)cc3)CC2)c1. The lowest BCUT2D eigenvalue weighted by atomic mass is 9.88. The van der Waals surface area contributed by atoms with E-state index >= 15 is 0 Å². The Hall–Kier alpha value is -3.41. The minimum Gasteiger partial charge on any atom is -0.489 e. The summed E-state index contributed by atoms with van der Waals surface area (Å²) in [6.07, 6.45) is 2.38. The van der Waals surface area contributed by atoms with E-state index in [9.17, 15) is 9.59 Å². The van der Waals surface area contributed by atoms with Gasteiger partial charge in [0.25, 0.3) is 5.91 Å². The van der Waals surface area contributed by atoms with Gasteiger partial charge in [-0.3, -0.25) is 9.59 Å². The third-order valence-corrected chi connectivity index (χ3v) is 6.68. The van der Waals surface area contributed by atoms with Crippen LogP contribution in [0, 0.1) is 25.7 Å². The molecule has 0 atom stereocenters. The van der Waals surface area contributed by atoms with Gasteiger partial charge in [-0.15, -0.1) is 0 Å². The van der Waals surface area contributed by atoms with Gasteiger partial charge in [-0.1, -0.05) is 49.3 Å². The molecule has 6 nitrogen and oxygen atoms in total. The molecule has 184 valence electrons. The summed E-state index contributed by atoms with van der Waals surface area (Å²) >= 11 is 0. The molecule has 6 heteroatoms. The second-order valence-electron chi connectivity index (χ2n) is 9.84. The third-order valence-electron chi connectivity index (χ3n) is 6.68. The lowest BCUT2D eigenvalue weighted by Crippen LogP contribution is -2.40. The number of ether oxygens (including phenoxy) is 1. The second-order valence-corrected chi connectivity index (χ2v) is 9.84. The summed E-state index contributed by atoms with van der Waals surface area (Å²) in [5.74, 6) is 2.06. The van der Waals surface area contributed by atoms with Crippen LogP contribution in [0.3, 0.4) is 0 Å². The Morgan fingerprint density at radius 3 is 2.40 bits per heavy atom. The maximum atomic E-state index is 13.1. The molecule has 1 amide bonds. The lowest BCUT2D eigenvalue weighted by molar-refractivity contribution is 0.0650. The van der Waals surface area contributed by atoms with Crippen molar-refractivity contribution in [3.05, 3.63) is 82.2 Å². The Balaban J connectivity index is 1.32. The predicted molar refractivity (Wildman–Crippen MR) is 135 cm³/mol. The number of rotatable bonds is 8. The molecule has 0 aliphatic carbocycles. The summed E-state index contributed by atoms with van der Waals surface area (Å²) in [6, 6.07) is 15.3. The number of Topliss-reactive ketones (excluding diaryl/α,β-unsaturated/α-hetero) is 1. The predicted octanol–water partition coefficient (Wildman–Crippen LogP) is 5.80. The number of carbonyl (C=O) groups is 2. The zero-order valence-corrected chi connectivity index (χ0v) is 21.0. The highest BCUT2D eigenvalue weighted by Gasteiger charge is 2.28. The maximum absolute atomic E-state index is 13.1. The van der Waals surface area contributed by atoms with Crippen LogP contribution in [-0.4, -0.2) is 34.8 Å². The van der Waals surface area contributed by atoms with E-state index in [4.69, 9.17) is 9.26 Å². The Bertz CT molecular complexity index is 1150. The molecule has 0 saturated carbocycles. The molecular formula is C29H34N2O4. The number of amides is 1. The number of carbonyl (C=O) groups excluding carboxylic acids is 2. The average Bonchev–Trinajstić information content (AvgIpc) is 3.19. The molecular weight excluding hydrogens is 440 g/mol. The molecule has 1 aliphatic rings. The van der Waals surface area contributed by atoms with Gasteiger partial charge in [0.2, 0.25) is 0 Å². The number of likely N-dealkylation sites (tertiary alicyclic amines) is 1. The molecule has 35 heavy (non-hydrogen) atoms. The number of nitrogens with zero attached hydrogens (tertiary/aromatic N) is 2. The van der Waals surface area contributed by atoms with E-state index in [1.807, 2.05) is 43.0 Å². The van der Waals surface area contributed by atoms with Crippen molar-refractivity contribution in [1.29, 1.82) is 0 Å². The number of ketones is 1. The van der Waals surface area contributed by atoms with Crippen LogP contribution in [-0.2, 0) is 13.0 Å². The lowest BCUT2D eigenvalue weighted by Gasteiger charge is -2.31. The minimum absolute atomic E-state index is 0.0308. The highest BCUT2D eigenvalue weighted by Crippen LogP contribution is 2.25. The fourth-order valence-corrected chi connectivity index (χ4v) is 4.62. The largest absolute Gasteiger partial charge is 0.489 e. The van der Waals surface area contributed by atoms with Gasteiger partial charge in [-0.2, -0.15) is 0 Å². The summed E-state index contributed by atoms with van der Waals surface area (Å²) in [5.41, 5.74) is 4.34. The van der Waals surface area contributed by atoms with E-state index in [1.54, 1.807) is 12.1 Å². The van der Waals surface area contributed by atoms with E-state index in [1.165, 1.54) is 5.56 Å². The molecule has 0 bridgehead atoms. The summed E-state index contributed by atoms with van der Waals surface area (Å²) < 4.78 is 11.1. The zero-order chi connectivity index (χ0) is 24.9. The van der Waals surface area contributed by atoms with Crippen molar-refractivity contribution >= 4 is 11.7 Å². The van der Waals surface area contributed by atoms with Gasteiger partial charge in [0, 0.05) is 30.1 Å². The highest BCUT2D eigenvalue weighted by atomic mass is 16.5. The summed E-state index contributed by atoms with van der Waals surface area (Å²) in [5, 5.41) is 3.95. The van der Waals surface area contributed by atoms with Crippen LogP contribution in [0.4, 0.5) is 0 Å². The number of hydrogen-bond acceptors (Lipinski definition) is 5. The van der Waals surface area contributed by atoms with Gasteiger partial charge in [0.1, 0.15) is 18.1 Å². The van der Waals surface area contributed by atoms with Gasteiger partial charge in [0.05, 0.1) is 11.3 Å². The van der Waals surface area contributed by atoms with Gasteiger partial charge in [-0.05, 0) is 62.8 Å². The number of piperidine rings is 1. The first-order valence-corrected chi connectivity index (χ1v) is 12.4. The smallest absolute Gasteiger partial charge is 0.253 e. The van der Waals surface area contributed by atoms with Crippen molar-refractivity contribution in [2.75, 3.05) is 13.1 Å². The number of aryl methyl sites for hydroxylation is 2. The first kappa shape index (κ1) is 24.7. The van der Waals surface area contributed by atoms with Crippen molar-refractivity contribution in [2.24, 2.45) is 11.8 Å². The van der Waals surface area contributed by atoms with Gasteiger partial charge >= 0.3 is 0 Å². The number of benzene rings is 2. The topological polar surface area (TPSA) is 72.6 Å². The van der Waals surface area contributed by atoms with E-state index in [0.29, 0.717) is 49.8 Å². The van der Waals surface area contributed by atoms with Gasteiger partial charge in [-0.25, -0.2) is 0 Å². The molecule has 3 aromatic rings. The average molecular weight is 475 g/mol. The fourth-order valence-electron chi connectivity index (χ4n) is 4.62. The molecule has 0 spiro atoms. The first-order valence-electron chi connectivity index (χ1n) is 12.4. The van der Waals surface area contributed by atoms with Crippen molar-refractivity contribution in [3.63, 3.8) is 0 Å². The first-order chi connectivity index (χ1) is 16.8. The molecule has 0 N–H and O–H groups in total. The van der Waals surface area contributed by atoms with Crippen molar-refractivity contribution in [3.8, 4) is 5.75 Å². The molecule has 4 rings (SSSR count). The van der Waals surface area contributed by atoms with Crippen molar-refractivity contribution in [1.82, 2.24) is 10.1 Å². The van der Waals surface area contributed by atoms with E-state index < -0.39 is 0 Å². The number of aromatic nitrogens is 1. The Morgan fingerprint density at radius 2 is 1.77 bits per heavy atom. The summed E-state index contributed by atoms with van der Waals surface area (Å²) in [6.45, 7) is 9.61. The van der Waals surface area contributed by atoms with Crippen LogP contribution in [0.2, 0.25) is 0 Å².